The molecule has 0 N–H and O–H groups in total. The topological polar surface area (TPSA) is 69.5 Å². The number of amides is 1. The number of para-hydroxylation sites is 1. The standard InChI is InChI=1S/C29H30N6O2/c1-5-20(2)27-28-32-24(23-8-6-7-9-26(23)37-4)18-33(28)14-15-35(27)29(36)25-16-31-19-34(25)17-21-10-12-22(30-3)13-11-21/h6-13,16,18-20,27H,5,14-15,17H2,1-2,4H3/t20?,27-/m0/s1. The van der Waals surface area contributed by atoms with Gasteiger partial charge in [-0.3, -0.25) is 4.79 Å². The minimum absolute atomic E-state index is 0.0475. The second-order valence-corrected chi connectivity index (χ2v) is 9.39. The maximum atomic E-state index is 14.0. The van der Waals surface area contributed by atoms with Gasteiger partial charge in [-0.25, -0.2) is 14.8 Å². The lowest BCUT2D eigenvalue weighted by Gasteiger charge is -2.39. The SMILES string of the molecule is [C-]#[N+]c1ccc(Cn2cncc2C(=O)N2CCn3cc(-c4ccccc4OC)nc3[C@@H]2C(C)CC)cc1. The highest BCUT2D eigenvalue weighted by atomic mass is 16.5. The van der Waals surface area contributed by atoms with Crippen molar-refractivity contribution in [3.8, 4) is 17.0 Å². The number of hydrogen-bond acceptors (Lipinski definition) is 4. The minimum Gasteiger partial charge on any atom is -0.496 e. The predicted octanol–water partition coefficient (Wildman–Crippen LogP) is 5.60. The van der Waals surface area contributed by atoms with Crippen molar-refractivity contribution in [2.24, 2.45) is 5.92 Å². The van der Waals surface area contributed by atoms with Gasteiger partial charge in [-0.1, -0.05) is 56.7 Å². The van der Waals surface area contributed by atoms with E-state index in [4.69, 9.17) is 16.3 Å². The second kappa shape index (κ2) is 10.3. The van der Waals surface area contributed by atoms with Crippen molar-refractivity contribution in [2.45, 2.75) is 39.4 Å². The van der Waals surface area contributed by atoms with E-state index in [0.717, 1.165) is 34.8 Å². The summed E-state index contributed by atoms with van der Waals surface area (Å²) in [6.07, 6.45) is 6.32. The van der Waals surface area contributed by atoms with E-state index in [-0.39, 0.29) is 17.9 Å². The van der Waals surface area contributed by atoms with E-state index >= 15 is 0 Å². The first-order valence-corrected chi connectivity index (χ1v) is 12.5. The first-order chi connectivity index (χ1) is 18.0. The van der Waals surface area contributed by atoms with Crippen molar-refractivity contribution in [3.05, 3.63) is 95.8 Å². The molecule has 0 saturated carbocycles. The van der Waals surface area contributed by atoms with Crippen LogP contribution in [0.4, 0.5) is 5.69 Å². The molecule has 1 aliphatic heterocycles. The summed E-state index contributed by atoms with van der Waals surface area (Å²) in [5.74, 6) is 1.84. The molecular weight excluding hydrogens is 464 g/mol. The number of hydrogen-bond donors (Lipinski definition) is 0. The van der Waals surface area contributed by atoms with Crippen molar-refractivity contribution < 1.29 is 9.53 Å². The van der Waals surface area contributed by atoms with Gasteiger partial charge < -0.3 is 18.8 Å². The van der Waals surface area contributed by atoms with Crippen LogP contribution in [0.5, 0.6) is 5.75 Å². The van der Waals surface area contributed by atoms with Gasteiger partial charge in [0.15, 0.2) is 5.69 Å². The number of carbonyl (C=O) groups is 1. The molecule has 37 heavy (non-hydrogen) atoms. The Labute approximate surface area is 217 Å². The summed E-state index contributed by atoms with van der Waals surface area (Å²) in [5.41, 5.74) is 3.94. The van der Waals surface area contributed by atoms with Gasteiger partial charge >= 0.3 is 0 Å². The van der Waals surface area contributed by atoms with Crippen LogP contribution >= 0.6 is 0 Å². The monoisotopic (exact) mass is 494 g/mol. The molecule has 0 bridgehead atoms. The Bertz CT molecular complexity index is 1450. The molecule has 1 aliphatic rings. The average molecular weight is 495 g/mol. The fraction of sp³-hybridized carbons (Fsp3) is 0.310. The van der Waals surface area contributed by atoms with Crippen molar-refractivity contribution >= 4 is 11.6 Å². The summed E-state index contributed by atoms with van der Waals surface area (Å²) in [7, 11) is 1.67. The quantitative estimate of drug-likeness (QED) is 0.314. The summed E-state index contributed by atoms with van der Waals surface area (Å²) in [5, 5.41) is 0. The van der Waals surface area contributed by atoms with Gasteiger partial charge in [0.25, 0.3) is 5.91 Å². The Morgan fingerprint density at radius 3 is 2.70 bits per heavy atom. The molecule has 1 unspecified atom stereocenters. The number of benzene rings is 2. The average Bonchev–Trinajstić information content (AvgIpc) is 3.59. The Kier molecular flexibility index (Phi) is 6.78. The lowest BCUT2D eigenvalue weighted by atomic mass is 9.95. The highest BCUT2D eigenvalue weighted by Crippen LogP contribution is 2.37. The molecule has 2 aromatic carbocycles. The highest BCUT2D eigenvalue weighted by Gasteiger charge is 2.37. The van der Waals surface area contributed by atoms with Crippen LogP contribution < -0.4 is 4.74 Å². The Morgan fingerprint density at radius 1 is 1.19 bits per heavy atom. The largest absolute Gasteiger partial charge is 0.496 e. The van der Waals surface area contributed by atoms with E-state index in [9.17, 15) is 4.79 Å². The van der Waals surface area contributed by atoms with E-state index in [1.165, 1.54) is 0 Å². The van der Waals surface area contributed by atoms with Crippen LogP contribution in [0.3, 0.4) is 0 Å². The zero-order valence-electron chi connectivity index (χ0n) is 21.3. The number of ether oxygens (including phenoxy) is 1. The van der Waals surface area contributed by atoms with Gasteiger partial charge in [-0.05, 0) is 23.6 Å². The molecule has 2 aromatic heterocycles. The molecule has 2 atom stereocenters. The first kappa shape index (κ1) is 24.3. The van der Waals surface area contributed by atoms with Gasteiger partial charge in [0.2, 0.25) is 0 Å². The van der Waals surface area contributed by atoms with Crippen LogP contribution in [-0.4, -0.2) is 43.6 Å². The Balaban J connectivity index is 1.46. The van der Waals surface area contributed by atoms with Crippen molar-refractivity contribution in [3.63, 3.8) is 0 Å². The molecule has 8 nitrogen and oxygen atoms in total. The number of rotatable bonds is 7. The molecule has 4 aromatic rings. The molecule has 0 fully saturated rings. The molecule has 188 valence electrons. The van der Waals surface area contributed by atoms with Crippen LogP contribution in [-0.2, 0) is 13.1 Å². The number of fused-ring (bicyclic) bond motifs is 1. The first-order valence-electron chi connectivity index (χ1n) is 12.5. The van der Waals surface area contributed by atoms with Gasteiger partial charge in [0.05, 0.1) is 37.9 Å². The number of imidazole rings is 2. The Hall–Kier alpha value is -4.38. The normalized spacial score (nSPS) is 15.6. The maximum absolute atomic E-state index is 14.0. The fourth-order valence-corrected chi connectivity index (χ4v) is 4.98. The van der Waals surface area contributed by atoms with Crippen molar-refractivity contribution in [1.29, 1.82) is 0 Å². The van der Waals surface area contributed by atoms with Crippen LogP contribution in [0.25, 0.3) is 16.1 Å². The van der Waals surface area contributed by atoms with Crippen LogP contribution in [0, 0.1) is 12.5 Å². The number of aromatic nitrogens is 4. The molecule has 0 saturated heterocycles. The second-order valence-electron chi connectivity index (χ2n) is 9.39. The van der Waals surface area contributed by atoms with Gasteiger partial charge in [0, 0.05) is 31.4 Å². The lowest BCUT2D eigenvalue weighted by Crippen LogP contribution is -2.45. The fourth-order valence-electron chi connectivity index (χ4n) is 4.98. The summed E-state index contributed by atoms with van der Waals surface area (Å²) in [6.45, 7) is 13.2. The molecule has 1 amide bonds. The van der Waals surface area contributed by atoms with Crippen LogP contribution in [0.2, 0.25) is 0 Å². The third-order valence-electron chi connectivity index (χ3n) is 7.17. The Morgan fingerprint density at radius 2 is 1.97 bits per heavy atom. The lowest BCUT2D eigenvalue weighted by molar-refractivity contribution is 0.0518. The maximum Gasteiger partial charge on any atom is 0.272 e. The molecule has 0 spiro atoms. The zero-order valence-corrected chi connectivity index (χ0v) is 21.3. The number of carbonyl (C=O) groups excluding carboxylic acids is 1. The van der Waals surface area contributed by atoms with Gasteiger partial charge in [-0.2, -0.15) is 0 Å². The van der Waals surface area contributed by atoms with Gasteiger partial charge in [-0.15, -0.1) is 0 Å². The zero-order chi connectivity index (χ0) is 25.9. The van der Waals surface area contributed by atoms with E-state index in [1.807, 2.05) is 45.9 Å². The van der Waals surface area contributed by atoms with Crippen molar-refractivity contribution in [1.82, 2.24) is 24.0 Å². The molecular formula is C29H30N6O2. The summed E-state index contributed by atoms with van der Waals surface area (Å²) < 4.78 is 9.63. The van der Waals surface area contributed by atoms with E-state index in [0.29, 0.717) is 31.0 Å². The minimum atomic E-state index is -0.156. The molecule has 3 heterocycles. The smallest absolute Gasteiger partial charge is 0.272 e. The molecule has 0 aliphatic carbocycles. The summed E-state index contributed by atoms with van der Waals surface area (Å²) in [6, 6.07) is 15.1. The van der Waals surface area contributed by atoms with Crippen molar-refractivity contribution in [2.75, 3.05) is 13.7 Å². The molecule has 0 radical (unpaired) electrons. The number of nitrogens with zero attached hydrogens (tertiary/aromatic N) is 6. The molecule has 5 rings (SSSR count). The van der Waals surface area contributed by atoms with E-state index in [1.54, 1.807) is 31.8 Å². The van der Waals surface area contributed by atoms with Crippen LogP contribution in [0.1, 0.15) is 48.2 Å². The number of methoxy groups -OCH3 is 1. The summed E-state index contributed by atoms with van der Waals surface area (Å²) in [4.78, 5) is 28.7. The summed E-state index contributed by atoms with van der Waals surface area (Å²) >= 11 is 0. The van der Waals surface area contributed by atoms with Crippen LogP contribution in [0.15, 0.2) is 67.3 Å². The molecule has 8 heteroatoms. The predicted molar refractivity (Wildman–Crippen MR) is 141 cm³/mol. The van der Waals surface area contributed by atoms with E-state index in [2.05, 4.69) is 34.4 Å². The highest BCUT2D eigenvalue weighted by molar-refractivity contribution is 5.93. The van der Waals surface area contributed by atoms with E-state index < -0.39 is 0 Å². The van der Waals surface area contributed by atoms with Gasteiger partial charge in [0.1, 0.15) is 17.3 Å². The third kappa shape index (κ3) is 4.60. The third-order valence-corrected chi connectivity index (χ3v) is 7.17.